The van der Waals surface area contributed by atoms with E-state index in [4.69, 9.17) is 4.74 Å². The molecule has 2 aromatic rings. The molecule has 0 atom stereocenters. The molecule has 0 saturated carbocycles. The molecule has 2 aromatic carbocycles. The average Bonchev–Trinajstić information content (AvgIpc) is 2.60. The maximum Gasteiger partial charge on any atom is 0.265 e. The van der Waals surface area contributed by atoms with Gasteiger partial charge in [-0.2, -0.15) is 5.10 Å². The van der Waals surface area contributed by atoms with Crippen LogP contribution >= 0.6 is 15.9 Å². The third-order valence-electron chi connectivity index (χ3n) is 3.49. The normalized spacial score (nSPS) is 13.5. The highest BCUT2D eigenvalue weighted by Gasteiger charge is 2.26. The third kappa shape index (κ3) is 3.97. The van der Waals surface area contributed by atoms with Crippen LogP contribution in [0.4, 0.5) is 5.69 Å². The van der Waals surface area contributed by atoms with Crippen LogP contribution in [0.1, 0.15) is 5.56 Å². The van der Waals surface area contributed by atoms with Gasteiger partial charge in [0.15, 0.2) is 6.61 Å². The molecule has 0 saturated heterocycles. The van der Waals surface area contributed by atoms with Crippen LogP contribution in [0.15, 0.2) is 52.0 Å². The van der Waals surface area contributed by atoms with E-state index in [1.165, 1.54) is 17.2 Å². The topological polar surface area (TPSA) is 91.2 Å². The van der Waals surface area contributed by atoms with Crippen LogP contribution in [-0.4, -0.2) is 36.3 Å². The highest BCUT2D eigenvalue weighted by atomic mass is 79.9. The Morgan fingerprint density at radius 1 is 1.36 bits per heavy atom. The van der Waals surface area contributed by atoms with E-state index in [9.17, 15) is 14.7 Å². The van der Waals surface area contributed by atoms with Crippen molar-refractivity contribution >= 4 is 39.6 Å². The summed E-state index contributed by atoms with van der Waals surface area (Å²) in [7, 11) is 0. The van der Waals surface area contributed by atoms with Crippen molar-refractivity contribution in [1.82, 2.24) is 5.43 Å². The number of phenolic OH excluding ortho intramolecular Hbond substituents is 1. The molecule has 128 valence electrons. The number of benzene rings is 2. The van der Waals surface area contributed by atoms with E-state index in [-0.39, 0.29) is 24.8 Å². The number of hydrazone groups is 1. The van der Waals surface area contributed by atoms with E-state index in [2.05, 4.69) is 26.5 Å². The molecule has 0 aliphatic carbocycles. The number of carbonyl (C=O) groups is 2. The zero-order valence-corrected chi connectivity index (χ0v) is 14.6. The summed E-state index contributed by atoms with van der Waals surface area (Å²) in [5.74, 6) is -0.172. The molecule has 1 aliphatic rings. The molecule has 0 spiro atoms. The van der Waals surface area contributed by atoms with E-state index < -0.39 is 5.91 Å². The number of nitrogens with one attached hydrogen (secondary N) is 1. The lowest BCUT2D eigenvalue weighted by Crippen LogP contribution is -2.44. The van der Waals surface area contributed by atoms with E-state index >= 15 is 0 Å². The van der Waals surface area contributed by atoms with E-state index in [0.29, 0.717) is 17.0 Å². The monoisotopic (exact) mass is 403 g/mol. The maximum absolute atomic E-state index is 12.1. The van der Waals surface area contributed by atoms with Crippen LogP contribution in [-0.2, 0) is 9.59 Å². The molecule has 8 heteroatoms. The Bertz CT molecular complexity index is 854. The first-order valence-corrected chi connectivity index (χ1v) is 8.16. The van der Waals surface area contributed by atoms with Gasteiger partial charge in [0.25, 0.3) is 11.8 Å². The quantitative estimate of drug-likeness (QED) is 0.603. The van der Waals surface area contributed by atoms with Crippen LogP contribution in [0, 0.1) is 0 Å². The second-order valence-corrected chi connectivity index (χ2v) is 6.15. The van der Waals surface area contributed by atoms with Gasteiger partial charge in [0.05, 0.1) is 11.9 Å². The predicted octanol–water partition coefficient (Wildman–Crippen LogP) is 2.03. The molecular weight excluding hydrogens is 390 g/mol. The number of phenols is 1. The van der Waals surface area contributed by atoms with Crippen molar-refractivity contribution in [3.63, 3.8) is 0 Å². The Kier molecular flexibility index (Phi) is 4.99. The molecule has 1 aliphatic heterocycles. The van der Waals surface area contributed by atoms with Gasteiger partial charge in [0, 0.05) is 10.0 Å². The summed E-state index contributed by atoms with van der Waals surface area (Å²) < 4.78 is 6.10. The standard InChI is InChI=1S/C17H14BrN3O4/c18-12-5-6-14(22)11(7-12)8-19-20-16(23)9-21-13-3-1-2-4-15(13)25-10-17(21)24/h1-8,22H,9-10H2,(H,20,23)/b19-8+. The summed E-state index contributed by atoms with van der Waals surface area (Å²) in [6.07, 6.45) is 1.33. The predicted molar refractivity (Wildman–Crippen MR) is 95.8 cm³/mol. The number of rotatable bonds is 4. The second kappa shape index (κ2) is 7.35. The fourth-order valence-electron chi connectivity index (χ4n) is 2.31. The van der Waals surface area contributed by atoms with Crippen LogP contribution < -0.4 is 15.1 Å². The Morgan fingerprint density at radius 3 is 3.00 bits per heavy atom. The second-order valence-electron chi connectivity index (χ2n) is 5.23. The number of ether oxygens (including phenoxy) is 1. The average molecular weight is 404 g/mol. The number of nitrogens with zero attached hydrogens (tertiary/aromatic N) is 2. The number of hydrogen-bond acceptors (Lipinski definition) is 5. The van der Waals surface area contributed by atoms with Gasteiger partial charge in [-0.15, -0.1) is 0 Å². The van der Waals surface area contributed by atoms with Gasteiger partial charge in [-0.1, -0.05) is 28.1 Å². The molecule has 0 radical (unpaired) electrons. The SMILES string of the molecule is O=C(CN1C(=O)COc2ccccc21)N/N=C/c1cc(Br)ccc1O. The fourth-order valence-corrected chi connectivity index (χ4v) is 2.69. The number of halogens is 1. The highest BCUT2D eigenvalue weighted by Crippen LogP contribution is 2.31. The van der Waals surface area contributed by atoms with Gasteiger partial charge >= 0.3 is 0 Å². The van der Waals surface area contributed by atoms with E-state index in [1.54, 1.807) is 36.4 Å². The molecule has 2 amide bonds. The van der Waals surface area contributed by atoms with Gasteiger partial charge < -0.3 is 9.84 Å². The molecule has 25 heavy (non-hydrogen) atoms. The Morgan fingerprint density at radius 2 is 2.16 bits per heavy atom. The largest absolute Gasteiger partial charge is 0.507 e. The first-order valence-electron chi connectivity index (χ1n) is 7.37. The number of fused-ring (bicyclic) bond motifs is 1. The van der Waals surface area contributed by atoms with Crippen molar-refractivity contribution in [2.24, 2.45) is 5.10 Å². The Hall–Kier alpha value is -2.87. The van der Waals surface area contributed by atoms with Gasteiger partial charge in [-0.25, -0.2) is 5.43 Å². The van der Waals surface area contributed by atoms with Crippen LogP contribution in [0.3, 0.4) is 0 Å². The molecule has 0 aromatic heterocycles. The van der Waals surface area contributed by atoms with Crippen molar-refractivity contribution in [3.05, 3.63) is 52.5 Å². The zero-order chi connectivity index (χ0) is 17.8. The summed E-state index contributed by atoms with van der Waals surface area (Å²) in [4.78, 5) is 25.4. The van der Waals surface area contributed by atoms with Gasteiger partial charge in [-0.05, 0) is 30.3 Å². The summed E-state index contributed by atoms with van der Waals surface area (Å²) in [6, 6.07) is 11.9. The summed E-state index contributed by atoms with van der Waals surface area (Å²) in [6.45, 7) is -0.291. The molecule has 2 N–H and O–H groups in total. The minimum absolute atomic E-state index is 0.0403. The molecule has 0 fully saturated rings. The first kappa shape index (κ1) is 17.0. The van der Waals surface area contributed by atoms with E-state index in [0.717, 1.165) is 4.47 Å². The minimum Gasteiger partial charge on any atom is -0.507 e. The number of amides is 2. The molecule has 1 heterocycles. The summed E-state index contributed by atoms with van der Waals surface area (Å²) in [5, 5.41) is 13.5. The molecule has 0 bridgehead atoms. The van der Waals surface area contributed by atoms with Crippen molar-refractivity contribution in [1.29, 1.82) is 0 Å². The lowest BCUT2D eigenvalue weighted by molar-refractivity contribution is -0.125. The molecule has 0 unspecified atom stereocenters. The maximum atomic E-state index is 12.1. The van der Waals surface area contributed by atoms with Crippen molar-refractivity contribution in [2.75, 3.05) is 18.1 Å². The number of carbonyl (C=O) groups excluding carboxylic acids is 2. The van der Waals surface area contributed by atoms with Gasteiger partial charge in [0.1, 0.15) is 18.0 Å². The lowest BCUT2D eigenvalue weighted by atomic mass is 10.2. The third-order valence-corrected chi connectivity index (χ3v) is 3.99. The number of hydrogen-bond donors (Lipinski definition) is 2. The number of aromatic hydroxyl groups is 1. The lowest BCUT2D eigenvalue weighted by Gasteiger charge is -2.28. The smallest absolute Gasteiger partial charge is 0.265 e. The van der Waals surface area contributed by atoms with Crippen molar-refractivity contribution < 1.29 is 19.4 Å². The summed E-state index contributed by atoms with van der Waals surface area (Å²) >= 11 is 3.29. The van der Waals surface area contributed by atoms with Crippen LogP contribution in [0.5, 0.6) is 11.5 Å². The fraction of sp³-hybridized carbons (Fsp3) is 0.118. The van der Waals surface area contributed by atoms with Gasteiger partial charge in [0.2, 0.25) is 0 Å². The van der Waals surface area contributed by atoms with Crippen molar-refractivity contribution in [3.8, 4) is 11.5 Å². The van der Waals surface area contributed by atoms with Gasteiger partial charge in [-0.3, -0.25) is 14.5 Å². The highest BCUT2D eigenvalue weighted by molar-refractivity contribution is 9.10. The zero-order valence-electron chi connectivity index (χ0n) is 13.0. The van der Waals surface area contributed by atoms with Crippen LogP contribution in [0.25, 0.3) is 0 Å². The van der Waals surface area contributed by atoms with Crippen LogP contribution in [0.2, 0.25) is 0 Å². The first-order chi connectivity index (χ1) is 12.0. The number of para-hydroxylation sites is 2. The molecular formula is C17H14BrN3O4. The Balaban J connectivity index is 1.66. The molecule has 3 rings (SSSR count). The molecule has 7 nitrogen and oxygen atoms in total. The van der Waals surface area contributed by atoms with E-state index in [1.807, 2.05) is 0 Å². The summed E-state index contributed by atoms with van der Waals surface area (Å²) in [5.41, 5.74) is 3.34. The minimum atomic E-state index is -0.462. The number of anilines is 1. The Labute approximate surface area is 152 Å². The van der Waals surface area contributed by atoms with Crippen molar-refractivity contribution in [2.45, 2.75) is 0 Å².